The summed E-state index contributed by atoms with van der Waals surface area (Å²) in [7, 11) is 0. The maximum atomic E-state index is 6.14. The van der Waals surface area contributed by atoms with Crippen LogP contribution in [0, 0.1) is 6.92 Å². The van der Waals surface area contributed by atoms with E-state index in [1.807, 2.05) is 31.3 Å². The van der Waals surface area contributed by atoms with Crippen molar-refractivity contribution in [3.63, 3.8) is 0 Å². The van der Waals surface area contributed by atoms with E-state index in [0.29, 0.717) is 11.6 Å². The molecule has 0 unspecified atom stereocenters. The Morgan fingerprint density at radius 3 is 2.89 bits per heavy atom. The Bertz CT molecular complexity index is 545. The second-order valence-electron chi connectivity index (χ2n) is 4.02. The maximum absolute atomic E-state index is 6.14. The molecule has 0 aliphatic rings. The fourth-order valence-corrected chi connectivity index (χ4v) is 2.36. The van der Waals surface area contributed by atoms with Gasteiger partial charge in [-0.1, -0.05) is 39.7 Å². The Kier molecular flexibility index (Phi) is 4.61. The molecule has 0 saturated heterocycles. The third kappa shape index (κ3) is 3.24. The maximum Gasteiger partial charge on any atom is 0.142 e. The topological polar surface area (TPSA) is 22.1 Å². The average molecular weight is 327 g/mol. The van der Waals surface area contributed by atoms with Gasteiger partial charge in [-0.15, -0.1) is 0 Å². The van der Waals surface area contributed by atoms with Gasteiger partial charge in [-0.05, 0) is 24.6 Å². The lowest BCUT2D eigenvalue weighted by Gasteiger charge is -2.11. The minimum atomic E-state index is 0.471. The van der Waals surface area contributed by atoms with Crippen LogP contribution >= 0.6 is 27.5 Å². The second kappa shape index (κ2) is 6.21. The van der Waals surface area contributed by atoms with E-state index in [9.17, 15) is 0 Å². The fourth-order valence-electron chi connectivity index (χ4n) is 1.67. The van der Waals surface area contributed by atoms with Crippen molar-refractivity contribution in [2.45, 2.75) is 18.9 Å². The highest BCUT2D eigenvalue weighted by Gasteiger charge is 2.07. The zero-order valence-corrected chi connectivity index (χ0v) is 12.3. The predicted molar refractivity (Wildman–Crippen MR) is 77.4 cm³/mol. The standard InChI is InChI=1S/C14H13BrClNO/c1-10-5-11(8-17-7-10)9-18-14-12(6-15)3-2-4-13(14)16/h2-5,7-8H,6,9H2,1H3. The monoisotopic (exact) mass is 325 g/mol. The molecule has 0 aliphatic heterocycles. The average Bonchev–Trinajstić information content (AvgIpc) is 2.37. The molecule has 2 rings (SSSR count). The van der Waals surface area contributed by atoms with Crippen molar-refractivity contribution in [1.82, 2.24) is 4.98 Å². The van der Waals surface area contributed by atoms with E-state index in [-0.39, 0.29) is 0 Å². The van der Waals surface area contributed by atoms with Gasteiger partial charge < -0.3 is 4.74 Å². The van der Waals surface area contributed by atoms with E-state index in [1.165, 1.54) is 0 Å². The normalized spacial score (nSPS) is 10.4. The molecule has 1 aromatic carbocycles. The summed E-state index contributed by atoms with van der Waals surface area (Å²) in [5.41, 5.74) is 3.20. The third-order valence-corrected chi connectivity index (χ3v) is 3.41. The number of rotatable bonds is 4. The highest BCUT2D eigenvalue weighted by Crippen LogP contribution is 2.30. The van der Waals surface area contributed by atoms with Gasteiger partial charge in [-0.3, -0.25) is 4.98 Å². The molecule has 0 atom stereocenters. The fraction of sp³-hybridized carbons (Fsp3) is 0.214. The molecule has 0 aliphatic carbocycles. The van der Waals surface area contributed by atoms with E-state index in [1.54, 1.807) is 6.20 Å². The number of pyridine rings is 1. The molecule has 94 valence electrons. The molecule has 4 heteroatoms. The summed E-state index contributed by atoms with van der Waals surface area (Å²) in [6.45, 7) is 2.48. The molecule has 0 saturated carbocycles. The summed E-state index contributed by atoms with van der Waals surface area (Å²) in [5, 5.41) is 1.35. The van der Waals surface area contributed by atoms with Crippen LogP contribution in [-0.2, 0) is 11.9 Å². The number of hydrogen-bond donors (Lipinski definition) is 0. The molecular formula is C14H13BrClNO. The highest BCUT2D eigenvalue weighted by atomic mass is 79.9. The Morgan fingerprint density at radius 2 is 2.17 bits per heavy atom. The van der Waals surface area contributed by atoms with E-state index in [2.05, 4.69) is 27.0 Å². The van der Waals surface area contributed by atoms with E-state index >= 15 is 0 Å². The van der Waals surface area contributed by atoms with Crippen LogP contribution in [0.1, 0.15) is 16.7 Å². The molecule has 0 radical (unpaired) electrons. The molecule has 2 aromatic rings. The van der Waals surface area contributed by atoms with Gasteiger partial charge in [0.2, 0.25) is 0 Å². The number of alkyl halides is 1. The molecular weight excluding hydrogens is 314 g/mol. The van der Waals surface area contributed by atoms with E-state index < -0.39 is 0 Å². The molecule has 0 amide bonds. The van der Waals surface area contributed by atoms with Crippen LogP contribution in [0.5, 0.6) is 5.75 Å². The van der Waals surface area contributed by atoms with Crippen LogP contribution in [0.4, 0.5) is 0 Å². The van der Waals surface area contributed by atoms with Crippen molar-refractivity contribution < 1.29 is 4.74 Å². The lowest BCUT2D eigenvalue weighted by molar-refractivity contribution is 0.303. The number of ether oxygens (including phenoxy) is 1. The number of aromatic nitrogens is 1. The van der Waals surface area contributed by atoms with Crippen LogP contribution in [0.15, 0.2) is 36.7 Å². The lowest BCUT2D eigenvalue weighted by atomic mass is 10.2. The van der Waals surface area contributed by atoms with Gasteiger partial charge in [-0.25, -0.2) is 0 Å². The van der Waals surface area contributed by atoms with Crippen molar-refractivity contribution >= 4 is 27.5 Å². The van der Waals surface area contributed by atoms with Gasteiger partial charge in [0.05, 0.1) is 5.02 Å². The van der Waals surface area contributed by atoms with Gasteiger partial charge >= 0.3 is 0 Å². The van der Waals surface area contributed by atoms with Crippen molar-refractivity contribution in [3.8, 4) is 5.75 Å². The Morgan fingerprint density at radius 1 is 1.33 bits per heavy atom. The smallest absolute Gasteiger partial charge is 0.142 e. The van der Waals surface area contributed by atoms with Crippen molar-refractivity contribution in [2.24, 2.45) is 0 Å². The summed E-state index contributed by atoms with van der Waals surface area (Å²) in [6.07, 6.45) is 3.63. The van der Waals surface area contributed by atoms with Crippen LogP contribution in [0.25, 0.3) is 0 Å². The summed E-state index contributed by atoms with van der Waals surface area (Å²) in [5.74, 6) is 0.734. The first-order valence-electron chi connectivity index (χ1n) is 5.57. The number of nitrogens with zero attached hydrogens (tertiary/aromatic N) is 1. The lowest BCUT2D eigenvalue weighted by Crippen LogP contribution is -1.99. The first-order chi connectivity index (χ1) is 8.70. The SMILES string of the molecule is Cc1cncc(COc2c(Cl)cccc2CBr)c1. The Labute approximate surface area is 120 Å². The molecule has 0 N–H and O–H groups in total. The summed E-state index contributed by atoms with van der Waals surface area (Å²) in [4.78, 5) is 4.14. The quantitative estimate of drug-likeness (QED) is 0.771. The molecule has 1 heterocycles. The highest BCUT2D eigenvalue weighted by molar-refractivity contribution is 9.08. The van der Waals surface area contributed by atoms with Crippen LogP contribution in [-0.4, -0.2) is 4.98 Å². The number of aryl methyl sites for hydroxylation is 1. The van der Waals surface area contributed by atoms with Gasteiger partial charge in [0.25, 0.3) is 0 Å². The van der Waals surface area contributed by atoms with Crippen LogP contribution < -0.4 is 4.74 Å². The Balaban J connectivity index is 2.15. The third-order valence-electron chi connectivity index (χ3n) is 2.51. The number of hydrogen-bond acceptors (Lipinski definition) is 2. The molecule has 0 spiro atoms. The van der Waals surface area contributed by atoms with Crippen LogP contribution in [0.2, 0.25) is 5.02 Å². The largest absolute Gasteiger partial charge is 0.487 e. The van der Waals surface area contributed by atoms with Crippen molar-refractivity contribution in [1.29, 1.82) is 0 Å². The van der Waals surface area contributed by atoms with Gasteiger partial charge in [-0.2, -0.15) is 0 Å². The first-order valence-corrected chi connectivity index (χ1v) is 7.07. The van der Waals surface area contributed by atoms with Gasteiger partial charge in [0, 0.05) is 28.9 Å². The molecule has 2 nitrogen and oxygen atoms in total. The molecule has 18 heavy (non-hydrogen) atoms. The zero-order valence-electron chi connectivity index (χ0n) is 9.99. The summed E-state index contributed by atoms with van der Waals surface area (Å²) in [6, 6.07) is 7.79. The molecule has 0 fully saturated rings. The number of benzene rings is 1. The first kappa shape index (κ1) is 13.4. The minimum absolute atomic E-state index is 0.471. The number of halogens is 2. The Hall–Kier alpha value is -1.06. The second-order valence-corrected chi connectivity index (χ2v) is 4.99. The zero-order chi connectivity index (χ0) is 13.0. The summed E-state index contributed by atoms with van der Waals surface area (Å²) < 4.78 is 5.80. The van der Waals surface area contributed by atoms with Crippen LogP contribution in [0.3, 0.4) is 0 Å². The molecule has 0 bridgehead atoms. The van der Waals surface area contributed by atoms with E-state index in [4.69, 9.17) is 16.3 Å². The van der Waals surface area contributed by atoms with Crippen molar-refractivity contribution in [2.75, 3.05) is 0 Å². The van der Waals surface area contributed by atoms with Crippen molar-refractivity contribution in [3.05, 3.63) is 58.4 Å². The van der Waals surface area contributed by atoms with E-state index in [0.717, 1.165) is 27.8 Å². The summed E-state index contributed by atoms with van der Waals surface area (Å²) >= 11 is 9.57. The molecule has 1 aromatic heterocycles. The minimum Gasteiger partial charge on any atom is -0.487 e. The number of para-hydroxylation sites is 1. The van der Waals surface area contributed by atoms with Gasteiger partial charge in [0.1, 0.15) is 12.4 Å². The predicted octanol–water partition coefficient (Wildman–Crippen LogP) is 4.52. The van der Waals surface area contributed by atoms with Gasteiger partial charge in [0.15, 0.2) is 0 Å².